The van der Waals surface area contributed by atoms with E-state index in [0.717, 1.165) is 17.5 Å². The molecule has 0 aromatic heterocycles. The third-order valence-corrected chi connectivity index (χ3v) is 4.81. The Morgan fingerprint density at radius 1 is 1.52 bits per heavy atom. The number of hydrogen-bond donors (Lipinski definition) is 1. The van der Waals surface area contributed by atoms with E-state index in [-0.39, 0.29) is 12.0 Å². The van der Waals surface area contributed by atoms with Crippen molar-refractivity contribution < 1.29 is 4.79 Å². The topological polar surface area (TPSA) is 68.5 Å². The number of hydrazone groups is 1. The minimum absolute atomic E-state index is 0.119. The Labute approximate surface area is 150 Å². The van der Waals surface area contributed by atoms with Gasteiger partial charge in [-0.2, -0.15) is 10.4 Å². The average Bonchev–Trinajstić information content (AvgIpc) is 2.47. The molecule has 0 spiro atoms. The molecule has 1 atom stereocenters. The second-order valence-electron chi connectivity index (χ2n) is 7.78. The highest BCUT2D eigenvalue weighted by Gasteiger charge is 2.37. The molecule has 1 N–H and O–H groups in total. The molecule has 134 valence electrons. The second kappa shape index (κ2) is 7.26. The molecule has 0 saturated carbocycles. The van der Waals surface area contributed by atoms with Crippen LogP contribution in [0.25, 0.3) is 0 Å². The zero-order valence-corrected chi connectivity index (χ0v) is 16.1. The van der Waals surface area contributed by atoms with E-state index in [1.54, 1.807) is 12.3 Å². The van der Waals surface area contributed by atoms with E-state index < -0.39 is 5.91 Å². The van der Waals surface area contributed by atoms with E-state index in [1.807, 2.05) is 0 Å². The minimum Gasteiger partial charge on any atom is -0.364 e. The highest BCUT2D eigenvalue weighted by molar-refractivity contribution is 5.86. The van der Waals surface area contributed by atoms with Crippen LogP contribution in [-0.4, -0.2) is 23.7 Å². The average molecular weight is 340 g/mol. The van der Waals surface area contributed by atoms with Crippen LogP contribution in [0.4, 0.5) is 5.69 Å². The smallest absolute Gasteiger partial charge is 0.254 e. The van der Waals surface area contributed by atoms with Gasteiger partial charge < -0.3 is 4.90 Å². The van der Waals surface area contributed by atoms with Gasteiger partial charge in [-0.3, -0.25) is 4.79 Å². The summed E-state index contributed by atoms with van der Waals surface area (Å²) in [6.45, 7) is 13.4. The van der Waals surface area contributed by atoms with Crippen molar-refractivity contribution in [2.75, 3.05) is 4.90 Å². The van der Waals surface area contributed by atoms with Crippen LogP contribution in [0.1, 0.15) is 70.1 Å². The molecule has 1 amide bonds. The number of nitriles is 1. The number of anilines is 1. The first-order chi connectivity index (χ1) is 11.7. The fourth-order valence-electron chi connectivity index (χ4n) is 4.02. The summed E-state index contributed by atoms with van der Waals surface area (Å²) in [6.07, 6.45) is 2.57. The van der Waals surface area contributed by atoms with Crippen molar-refractivity contribution in [1.82, 2.24) is 5.43 Å². The Bertz CT molecular complexity index is 728. The lowest BCUT2D eigenvalue weighted by atomic mass is 9.78. The van der Waals surface area contributed by atoms with Crippen LogP contribution in [0.3, 0.4) is 0 Å². The number of aryl methyl sites for hydroxylation is 1. The van der Waals surface area contributed by atoms with Gasteiger partial charge in [0.05, 0.1) is 12.3 Å². The van der Waals surface area contributed by atoms with Crippen LogP contribution in [0.5, 0.6) is 0 Å². The maximum absolute atomic E-state index is 11.3. The van der Waals surface area contributed by atoms with Crippen LogP contribution < -0.4 is 10.3 Å². The molecule has 0 saturated heterocycles. The van der Waals surface area contributed by atoms with E-state index in [2.05, 4.69) is 69.1 Å². The molecular weight excluding hydrogens is 312 g/mol. The molecule has 1 heterocycles. The number of fused-ring (bicyclic) bond motifs is 1. The van der Waals surface area contributed by atoms with Gasteiger partial charge in [-0.25, -0.2) is 5.43 Å². The standard InChI is InChI=1S/C20H28N4O/c1-13(2)24-18-9-14(3)16(12-22-23-19(25)7-8-21)10-17(18)15(4)11-20(24,5)6/h9-10,12-13,15H,7,11H2,1-6H3,(H,23,25)/b22-12-/t15-/m0/s1. The number of nitrogens with one attached hydrogen (secondary N) is 1. The number of hydrogen-bond acceptors (Lipinski definition) is 4. The Balaban J connectivity index is 2.37. The molecule has 25 heavy (non-hydrogen) atoms. The van der Waals surface area contributed by atoms with E-state index >= 15 is 0 Å². The molecule has 0 radical (unpaired) electrons. The highest BCUT2D eigenvalue weighted by atomic mass is 16.2. The van der Waals surface area contributed by atoms with Gasteiger partial charge >= 0.3 is 0 Å². The van der Waals surface area contributed by atoms with E-state index in [0.29, 0.717) is 12.0 Å². The van der Waals surface area contributed by atoms with Crippen LogP contribution >= 0.6 is 0 Å². The minimum atomic E-state index is -0.393. The Hall–Kier alpha value is -2.35. The summed E-state index contributed by atoms with van der Waals surface area (Å²) in [5.74, 6) is 0.0661. The van der Waals surface area contributed by atoms with Gasteiger partial charge in [0.25, 0.3) is 5.91 Å². The van der Waals surface area contributed by atoms with E-state index in [4.69, 9.17) is 5.26 Å². The van der Waals surface area contributed by atoms with Gasteiger partial charge in [-0.15, -0.1) is 0 Å². The van der Waals surface area contributed by atoms with Crippen molar-refractivity contribution in [3.8, 4) is 6.07 Å². The molecule has 5 nitrogen and oxygen atoms in total. The van der Waals surface area contributed by atoms with Crippen molar-refractivity contribution in [3.63, 3.8) is 0 Å². The molecule has 0 fully saturated rings. The van der Waals surface area contributed by atoms with Gasteiger partial charge in [0.15, 0.2) is 0 Å². The lowest BCUT2D eigenvalue weighted by Crippen LogP contribution is -2.51. The normalized spacial score (nSPS) is 19.0. The molecule has 0 aliphatic carbocycles. The van der Waals surface area contributed by atoms with Crippen LogP contribution in [0.15, 0.2) is 17.2 Å². The number of rotatable bonds is 4. The molecule has 1 aromatic rings. The Morgan fingerprint density at radius 3 is 2.80 bits per heavy atom. The van der Waals surface area contributed by atoms with Gasteiger partial charge in [-0.1, -0.05) is 6.92 Å². The summed E-state index contributed by atoms with van der Waals surface area (Å²) >= 11 is 0. The maximum atomic E-state index is 11.3. The van der Waals surface area contributed by atoms with E-state index in [1.165, 1.54) is 11.3 Å². The molecular formula is C20H28N4O. The number of carbonyl (C=O) groups is 1. The largest absolute Gasteiger partial charge is 0.364 e. The summed E-state index contributed by atoms with van der Waals surface area (Å²) in [6, 6.07) is 6.64. The first-order valence-electron chi connectivity index (χ1n) is 8.80. The molecule has 0 bridgehead atoms. The lowest BCUT2D eigenvalue weighted by molar-refractivity contribution is -0.120. The molecule has 2 rings (SSSR count). The Morgan fingerprint density at radius 2 is 2.20 bits per heavy atom. The molecule has 5 heteroatoms. The maximum Gasteiger partial charge on any atom is 0.254 e. The summed E-state index contributed by atoms with van der Waals surface area (Å²) in [5.41, 5.74) is 7.23. The predicted octanol–water partition coefficient (Wildman–Crippen LogP) is 3.86. The van der Waals surface area contributed by atoms with Gasteiger partial charge in [0.1, 0.15) is 6.42 Å². The van der Waals surface area contributed by atoms with Gasteiger partial charge in [-0.05, 0) is 75.8 Å². The SMILES string of the molecule is Cc1cc2c(cc1/C=N\NC(=O)CC#N)[C@@H](C)CC(C)(C)N2C(C)C. The van der Waals surface area contributed by atoms with Gasteiger partial charge in [0, 0.05) is 17.3 Å². The first-order valence-corrected chi connectivity index (χ1v) is 8.80. The quantitative estimate of drug-likeness (QED) is 0.668. The zero-order valence-electron chi connectivity index (χ0n) is 16.1. The van der Waals surface area contributed by atoms with Crippen molar-refractivity contribution >= 4 is 17.8 Å². The second-order valence-corrected chi connectivity index (χ2v) is 7.78. The first kappa shape index (κ1) is 19.0. The lowest BCUT2D eigenvalue weighted by Gasteiger charge is -2.50. The molecule has 1 aliphatic rings. The van der Waals surface area contributed by atoms with Crippen LogP contribution in [0.2, 0.25) is 0 Å². The third-order valence-electron chi connectivity index (χ3n) is 4.81. The summed E-state index contributed by atoms with van der Waals surface area (Å²) < 4.78 is 0. The van der Waals surface area contributed by atoms with Gasteiger partial charge in [0.2, 0.25) is 0 Å². The van der Waals surface area contributed by atoms with Crippen molar-refractivity contribution in [2.24, 2.45) is 5.10 Å². The molecule has 1 aromatic carbocycles. The molecule has 1 aliphatic heterocycles. The fourth-order valence-corrected chi connectivity index (χ4v) is 4.02. The number of nitrogens with zero attached hydrogens (tertiary/aromatic N) is 3. The third kappa shape index (κ3) is 4.01. The summed E-state index contributed by atoms with van der Waals surface area (Å²) in [7, 11) is 0. The molecule has 0 unspecified atom stereocenters. The fraction of sp³-hybridized carbons (Fsp3) is 0.550. The number of carbonyl (C=O) groups excluding carboxylic acids is 1. The number of benzene rings is 1. The number of amides is 1. The summed E-state index contributed by atoms with van der Waals surface area (Å²) in [5, 5.41) is 12.5. The van der Waals surface area contributed by atoms with E-state index in [9.17, 15) is 4.79 Å². The van der Waals surface area contributed by atoms with Crippen molar-refractivity contribution in [3.05, 3.63) is 28.8 Å². The van der Waals surface area contributed by atoms with Crippen LogP contribution in [-0.2, 0) is 4.79 Å². The van der Waals surface area contributed by atoms with Crippen molar-refractivity contribution in [2.45, 2.75) is 71.9 Å². The highest BCUT2D eigenvalue weighted by Crippen LogP contribution is 2.45. The predicted molar refractivity (Wildman–Crippen MR) is 102 cm³/mol. The zero-order chi connectivity index (χ0) is 18.8. The monoisotopic (exact) mass is 340 g/mol. The Kier molecular flexibility index (Phi) is 5.52. The summed E-state index contributed by atoms with van der Waals surface area (Å²) in [4.78, 5) is 13.8. The van der Waals surface area contributed by atoms with Crippen molar-refractivity contribution in [1.29, 1.82) is 5.26 Å². The van der Waals surface area contributed by atoms with Crippen LogP contribution in [0, 0.1) is 18.3 Å².